The molecule has 0 radical (unpaired) electrons. The molecule has 0 aromatic heterocycles. The van der Waals surface area contributed by atoms with E-state index in [2.05, 4.69) is 28.5 Å². The quantitative estimate of drug-likeness (QED) is 0.646. The number of hydrogen-bond donors (Lipinski definition) is 2. The van der Waals surface area contributed by atoms with Gasteiger partial charge < -0.3 is 11.1 Å². The van der Waals surface area contributed by atoms with Crippen molar-refractivity contribution in [2.45, 2.75) is 44.9 Å². The summed E-state index contributed by atoms with van der Waals surface area (Å²) in [7, 11) is 0. The van der Waals surface area contributed by atoms with Gasteiger partial charge in [-0.2, -0.15) is 0 Å². The Hall–Kier alpha value is -1.51. The average molecular weight is 257 g/mol. The smallest absolute Gasteiger partial charge is 0.193 e. The van der Waals surface area contributed by atoms with Crippen LogP contribution in [0.25, 0.3) is 0 Å². The van der Waals surface area contributed by atoms with Crippen LogP contribution in [0, 0.1) is 5.92 Å². The van der Waals surface area contributed by atoms with Crippen molar-refractivity contribution in [3.63, 3.8) is 0 Å². The number of fused-ring (bicyclic) bond motifs is 1. The van der Waals surface area contributed by atoms with Crippen LogP contribution in [0.5, 0.6) is 0 Å². The summed E-state index contributed by atoms with van der Waals surface area (Å²) in [5.74, 6) is 1.31. The van der Waals surface area contributed by atoms with E-state index in [4.69, 9.17) is 5.73 Å². The van der Waals surface area contributed by atoms with Gasteiger partial charge in [0.15, 0.2) is 5.96 Å². The highest BCUT2D eigenvalue weighted by Crippen LogP contribution is 2.26. The largest absolute Gasteiger partial charge is 0.370 e. The van der Waals surface area contributed by atoms with Gasteiger partial charge >= 0.3 is 0 Å². The molecule has 2 aliphatic rings. The Morgan fingerprint density at radius 3 is 2.79 bits per heavy atom. The van der Waals surface area contributed by atoms with Gasteiger partial charge in [0, 0.05) is 12.2 Å². The maximum atomic E-state index is 5.97. The molecule has 0 unspecified atom stereocenters. The number of anilines is 1. The number of hydrogen-bond acceptors (Lipinski definition) is 1. The number of benzene rings is 1. The molecule has 3 nitrogen and oxygen atoms in total. The molecule has 0 aliphatic heterocycles. The summed E-state index contributed by atoms with van der Waals surface area (Å²) in [5, 5.41) is 3.22. The average Bonchev–Trinajstić information content (AvgIpc) is 3.07. The molecule has 0 spiro atoms. The molecule has 102 valence electrons. The van der Waals surface area contributed by atoms with Crippen molar-refractivity contribution in [3.8, 4) is 0 Å². The van der Waals surface area contributed by atoms with E-state index in [0.29, 0.717) is 5.96 Å². The first-order chi connectivity index (χ1) is 9.31. The van der Waals surface area contributed by atoms with E-state index in [-0.39, 0.29) is 0 Å². The molecular weight excluding hydrogens is 234 g/mol. The maximum absolute atomic E-state index is 5.97. The first kappa shape index (κ1) is 12.5. The van der Waals surface area contributed by atoms with Crippen LogP contribution in [0.4, 0.5) is 5.69 Å². The lowest BCUT2D eigenvalue weighted by Gasteiger charge is -2.09. The van der Waals surface area contributed by atoms with Crippen molar-refractivity contribution >= 4 is 11.6 Å². The number of rotatable bonds is 3. The van der Waals surface area contributed by atoms with Crippen LogP contribution < -0.4 is 11.1 Å². The van der Waals surface area contributed by atoms with Gasteiger partial charge in [-0.05, 0) is 61.3 Å². The predicted octanol–water partition coefficient (Wildman–Crippen LogP) is 3.09. The lowest BCUT2D eigenvalue weighted by Crippen LogP contribution is -2.23. The Morgan fingerprint density at radius 2 is 1.95 bits per heavy atom. The van der Waals surface area contributed by atoms with Gasteiger partial charge in [-0.3, -0.25) is 4.99 Å². The van der Waals surface area contributed by atoms with Crippen LogP contribution in [0.3, 0.4) is 0 Å². The summed E-state index contributed by atoms with van der Waals surface area (Å²) >= 11 is 0. The zero-order valence-corrected chi connectivity index (χ0v) is 11.5. The normalized spacial score (nSPS) is 19.7. The van der Waals surface area contributed by atoms with Gasteiger partial charge in [0.25, 0.3) is 0 Å². The van der Waals surface area contributed by atoms with Gasteiger partial charge in [-0.25, -0.2) is 0 Å². The third kappa shape index (κ3) is 3.09. The highest BCUT2D eigenvalue weighted by molar-refractivity contribution is 5.92. The third-order valence-corrected chi connectivity index (χ3v) is 4.37. The highest BCUT2D eigenvalue weighted by Gasteiger charge is 2.14. The van der Waals surface area contributed by atoms with Gasteiger partial charge in [-0.15, -0.1) is 0 Å². The monoisotopic (exact) mass is 257 g/mol. The van der Waals surface area contributed by atoms with Crippen molar-refractivity contribution in [2.75, 3.05) is 11.9 Å². The van der Waals surface area contributed by atoms with Crippen LogP contribution in [0.15, 0.2) is 23.2 Å². The van der Waals surface area contributed by atoms with E-state index in [1.165, 1.54) is 56.1 Å². The molecule has 1 aromatic rings. The van der Waals surface area contributed by atoms with Gasteiger partial charge in [-0.1, -0.05) is 18.9 Å². The Morgan fingerprint density at radius 1 is 1.16 bits per heavy atom. The van der Waals surface area contributed by atoms with Gasteiger partial charge in [0.05, 0.1) is 0 Å². The second-order valence-electron chi connectivity index (χ2n) is 5.84. The Labute approximate surface area is 115 Å². The molecule has 0 bridgehead atoms. The van der Waals surface area contributed by atoms with Crippen molar-refractivity contribution in [2.24, 2.45) is 16.6 Å². The van der Waals surface area contributed by atoms with E-state index in [0.717, 1.165) is 18.2 Å². The molecule has 3 heteroatoms. The molecule has 19 heavy (non-hydrogen) atoms. The molecule has 1 fully saturated rings. The summed E-state index contributed by atoms with van der Waals surface area (Å²) in [6.45, 7) is 0.879. The fourth-order valence-corrected chi connectivity index (χ4v) is 3.26. The van der Waals surface area contributed by atoms with Gasteiger partial charge in [0.1, 0.15) is 0 Å². The summed E-state index contributed by atoms with van der Waals surface area (Å²) in [6.07, 6.45) is 9.05. The lowest BCUT2D eigenvalue weighted by molar-refractivity contribution is 0.563. The number of nitrogens with one attached hydrogen (secondary N) is 1. The van der Waals surface area contributed by atoms with E-state index in [1.807, 2.05) is 0 Å². The molecule has 3 rings (SSSR count). The van der Waals surface area contributed by atoms with E-state index >= 15 is 0 Å². The molecule has 3 N–H and O–H groups in total. The molecule has 0 atom stereocenters. The molecule has 0 heterocycles. The molecule has 0 amide bonds. The van der Waals surface area contributed by atoms with Gasteiger partial charge in [0.2, 0.25) is 0 Å². The standard InChI is InChI=1S/C16H23N3/c17-16(18-11-12-4-1-2-5-12)19-15-9-8-13-6-3-7-14(13)10-15/h8-10,12H,1-7,11H2,(H3,17,18,19). The van der Waals surface area contributed by atoms with E-state index in [9.17, 15) is 0 Å². The minimum atomic E-state index is 0.560. The minimum Gasteiger partial charge on any atom is -0.370 e. The Kier molecular flexibility index (Phi) is 3.72. The zero-order valence-electron chi connectivity index (χ0n) is 11.5. The molecule has 1 aromatic carbocycles. The number of aryl methyl sites for hydroxylation is 2. The van der Waals surface area contributed by atoms with E-state index in [1.54, 1.807) is 0 Å². The molecule has 1 saturated carbocycles. The molecule has 2 aliphatic carbocycles. The topological polar surface area (TPSA) is 50.4 Å². The minimum absolute atomic E-state index is 0.560. The fraction of sp³-hybridized carbons (Fsp3) is 0.562. The summed E-state index contributed by atoms with van der Waals surface area (Å²) in [6, 6.07) is 6.55. The summed E-state index contributed by atoms with van der Waals surface area (Å²) < 4.78 is 0. The fourth-order valence-electron chi connectivity index (χ4n) is 3.26. The summed E-state index contributed by atoms with van der Waals surface area (Å²) in [5.41, 5.74) is 10.0. The summed E-state index contributed by atoms with van der Waals surface area (Å²) in [4.78, 5) is 4.48. The number of aliphatic imine (C=N–C) groups is 1. The number of nitrogens with zero attached hydrogens (tertiary/aromatic N) is 1. The Bertz CT molecular complexity index is 473. The first-order valence-electron chi connectivity index (χ1n) is 7.50. The SMILES string of the molecule is NC(=NCC1CCCC1)Nc1ccc2c(c1)CCC2. The van der Waals surface area contributed by atoms with Crippen LogP contribution in [0.2, 0.25) is 0 Å². The molecular formula is C16H23N3. The van der Waals surface area contributed by atoms with Crippen LogP contribution in [0.1, 0.15) is 43.2 Å². The van der Waals surface area contributed by atoms with Crippen LogP contribution >= 0.6 is 0 Å². The Balaban J connectivity index is 1.59. The van der Waals surface area contributed by atoms with Crippen LogP contribution in [-0.4, -0.2) is 12.5 Å². The maximum Gasteiger partial charge on any atom is 0.193 e. The lowest BCUT2D eigenvalue weighted by atomic mass is 10.1. The van der Waals surface area contributed by atoms with Crippen molar-refractivity contribution < 1.29 is 0 Å². The molecule has 0 saturated heterocycles. The van der Waals surface area contributed by atoms with Crippen molar-refractivity contribution in [1.29, 1.82) is 0 Å². The number of guanidine groups is 1. The second kappa shape index (κ2) is 5.64. The first-order valence-corrected chi connectivity index (χ1v) is 7.50. The zero-order chi connectivity index (χ0) is 13.1. The highest BCUT2D eigenvalue weighted by atomic mass is 15.1. The van der Waals surface area contributed by atoms with Crippen molar-refractivity contribution in [3.05, 3.63) is 29.3 Å². The van der Waals surface area contributed by atoms with Crippen LogP contribution in [-0.2, 0) is 12.8 Å². The predicted molar refractivity (Wildman–Crippen MR) is 80.5 cm³/mol. The number of nitrogens with two attached hydrogens (primary N) is 1. The third-order valence-electron chi connectivity index (χ3n) is 4.37. The van der Waals surface area contributed by atoms with Crippen molar-refractivity contribution in [1.82, 2.24) is 0 Å². The van der Waals surface area contributed by atoms with E-state index < -0.39 is 0 Å². The second-order valence-corrected chi connectivity index (χ2v) is 5.84.